The summed E-state index contributed by atoms with van der Waals surface area (Å²) in [6, 6.07) is 0. The van der Waals surface area contributed by atoms with E-state index < -0.39 is 5.60 Å². The van der Waals surface area contributed by atoms with Crippen LogP contribution in [0, 0.1) is 5.41 Å². The number of hydrogen-bond donors (Lipinski definition) is 1. The Labute approximate surface area is 150 Å². The number of carbonyl (C=O) groups excluding carboxylic acids is 1. The smallest absolute Gasteiger partial charge is 0.410 e. The molecule has 1 unspecified atom stereocenters. The molecule has 7 nitrogen and oxygen atoms in total. The van der Waals surface area contributed by atoms with Crippen LogP contribution in [0.4, 0.5) is 4.79 Å². The van der Waals surface area contributed by atoms with Crippen LogP contribution in [-0.4, -0.2) is 59.7 Å². The molecule has 1 fully saturated rings. The first-order valence-electron chi connectivity index (χ1n) is 8.88. The lowest BCUT2D eigenvalue weighted by atomic mass is 9.80. The van der Waals surface area contributed by atoms with Gasteiger partial charge in [0.25, 0.3) is 0 Å². The Morgan fingerprint density at radius 1 is 1.44 bits per heavy atom. The van der Waals surface area contributed by atoms with E-state index >= 15 is 0 Å². The highest BCUT2D eigenvalue weighted by atomic mass is 16.6. The molecule has 0 saturated carbocycles. The van der Waals surface area contributed by atoms with Gasteiger partial charge in [-0.1, -0.05) is 0 Å². The van der Waals surface area contributed by atoms with Crippen molar-refractivity contribution in [2.45, 2.75) is 45.8 Å². The lowest BCUT2D eigenvalue weighted by molar-refractivity contribution is -0.0155. The number of ether oxygens (including phenoxy) is 2. The fourth-order valence-electron chi connectivity index (χ4n) is 3.34. The predicted octanol–water partition coefficient (Wildman–Crippen LogP) is 2.17. The maximum absolute atomic E-state index is 12.4. The largest absolute Gasteiger partial charge is 0.444 e. The molecule has 25 heavy (non-hydrogen) atoms. The summed E-state index contributed by atoms with van der Waals surface area (Å²) in [5.41, 5.74) is 0.582. The van der Waals surface area contributed by atoms with Crippen LogP contribution in [0.1, 0.15) is 39.2 Å². The Morgan fingerprint density at radius 2 is 2.20 bits per heavy atom. The van der Waals surface area contributed by atoms with E-state index in [1.807, 2.05) is 45.1 Å². The van der Waals surface area contributed by atoms with Gasteiger partial charge < -0.3 is 19.7 Å². The van der Waals surface area contributed by atoms with Crippen LogP contribution in [0.15, 0.2) is 12.4 Å². The van der Waals surface area contributed by atoms with E-state index in [2.05, 4.69) is 10.4 Å². The van der Waals surface area contributed by atoms with Gasteiger partial charge in [0.15, 0.2) is 0 Å². The number of carbonyl (C=O) groups is 1. The summed E-state index contributed by atoms with van der Waals surface area (Å²) in [5, 5.41) is 7.69. The van der Waals surface area contributed by atoms with Gasteiger partial charge in [-0.2, -0.15) is 5.10 Å². The Morgan fingerprint density at radius 3 is 2.80 bits per heavy atom. The van der Waals surface area contributed by atoms with Crippen LogP contribution in [-0.2, 0) is 23.1 Å². The molecule has 1 amide bonds. The topological polar surface area (TPSA) is 68.6 Å². The molecule has 1 aliphatic rings. The number of piperidine rings is 1. The van der Waals surface area contributed by atoms with Crippen LogP contribution in [0.5, 0.6) is 0 Å². The third-order valence-corrected chi connectivity index (χ3v) is 4.35. The van der Waals surface area contributed by atoms with E-state index in [9.17, 15) is 4.79 Å². The van der Waals surface area contributed by atoms with Gasteiger partial charge in [0.1, 0.15) is 5.60 Å². The summed E-state index contributed by atoms with van der Waals surface area (Å²) in [7, 11) is 3.63. The fraction of sp³-hybridized carbons (Fsp3) is 0.778. The Kier molecular flexibility index (Phi) is 6.46. The molecule has 2 rings (SSSR count). The van der Waals surface area contributed by atoms with E-state index in [1.54, 1.807) is 11.8 Å². The van der Waals surface area contributed by atoms with Crippen molar-refractivity contribution in [1.82, 2.24) is 20.0 Å². The molecule has 0 aromatic carbocycles. The van der Waals surface area contributed by atoms with Gasteiger partial charge >= 0.3 is 6.09 Å². The molecular formula is C18H32N4O3. The zero-order chi connectivity index (χ0) is 18.5. The summed E-state index contributed by atoms with van der Waals surface area (Å²) < 4.78 is 12.8. The quantitative estimate of drug-likeness (QED) is 0.850. The second-order valence-electron chi connectivity index (χ2n) is 8.06. The Bertz CT molecular complexity index is 563. The van der Waals surface area contributed by atoms with Gasteiger partial charge in [0.05, 0.1) is 12.8 Å². The van der Waals surface area contributed by atoms with Gasteiger partial charge in [0, 0.05) is 57.5 Å². The van der Waals surface area contributed by atoms with Crippen LogP contribution >= 0.6 is 0 Å². The number of aromatic nitrogens is 2. The molecular weight excluding hydrogens is 320 g/mol. The SMILES string of the molecule is COCC1(CNCc2cnn(C)c2)CCCN(C(=O)OC(C)(C)C)C1. The fourth-order valence-corrected chi connectivity index (χ4v) is 3.34. The second kappa shape index (κ2) is 8.19. The molecule has 0 bridgehead atoms. The number of hydrogen-bond acceptors (Lipinski definition) is 5. The highest BCUT2D eigenvalue weighted by Crippen LogP contribution is 2.31. The zero-order valence-corrected chi connectivity index (χ0v) is 16.2. The van der Waals surface area contributed by atoms with Gasteiger partial charge in [0.2, 0.25) is 0 Å². The minimum absolute atomic E-state index is 0.0912. The number of likely N-dealkylation sites (tertiary alicyclic amines) is 1. The van der Waals surface area contributed by atoms with Crippen LogP contribution < -0.4 is 5.32 Å². The van der Waals surface area contributed by atoms with Crippen molar-refractivity contribution in [2.24, 2.45) is 12.5 Å². The molecule has 1 saturated heterocycles. The molecule has 1 aromatic rings. The molecule has 0 radical (unpaired) electrons. The summed E-state index contributed by atoms with van der Waals surface area (Å²) in [5.74, 6) is 0. The average molecular weight is 352 g/mol. The molecule has 1 aliphatic heterocycles. The minimum Gasteiger partial charge on any atom is -0.444 e. The molecule has 0 spiro atoms. The molecule has 142 valence electrons. The summed E-state index contributed by atoms with van der Waals surface area (Å²) >= 11 is 0. The van der Waals surface area contributed by atoms with E-state index in [-0.39, 0.29) is 11.5 Å². The van der Waals surface area contributed by atoms with Gasteiger partial charge in [-0.05, 0) is 33.6 Å². The zero-order valence-electron chi connectivity index (χ0n) is 16.2. The van der Waals surface area contributed by atoms with E-state index in [0.29, 0.717) is 13.2 Å². The van der Waals surface area contributed by atoms with Crippen molar-refractivity contribution in [2.75, 3.05) is 33.4 Å². The lowest BCUT2D eigenvalue weighted by Crippen LogP contribution is -2.53. The maximum Gasteiger partial charge on any atom is 0.410 e. The van der Waals surface area contributed by atoms with Crippen molar-refractivity contribution < 1.29 is 14.3 Å². The minimum atomic E-state index is -0.475. The van der Waals surface area contributed by atoms with Crippen molar-refractivity contribution >= 4 is 6.09 Å². The van der Waals surface area contributed by atoms with Crippen molar-refractivity contribution in [3.63, 3.8) is 0 Å². The normalized spacial score (nSPS) is 21.4. The molecule has 1 aromatic heterocycles. The van der Waals surface area contributed by atoms with Crippen molar-refractivity contribution in [3.05, 3.63) is 18.0 Å². The maximum atomic E-state index is 12.4. The monoisotopic (exact) mass is 352 g/mol. The summed E-state index contributed by atoms with van der Waals surface area (Å²) in [6.45, 7) is 9.23. The van der Waals surface area contributed by atoms with Crippen LogP contribution in [0.2, 0.25) is 0 Å². The number of rotatable bonds is 6. The van der Waals surface area contributed by atoms with E-state index in [1.165, 1.54) is 0 Å². The van der Waals surface area contributed by atoms with Gasteiger partial charge in [-0.3, -0.25) is 4.68 Å². The first kappa shape index (κ1) is 19.7. The first-order valence-corrected chi connectivity index (χ1v) is 8.88. The molecule has 1 N–H and O–H groups in total. The number of nitrogens with one attached hydrogen (secondary N) is 1. The summed E-state index contributed by atoms with van der Waals surface area (Å²) in [6.07, 6.45) is 5.62. The lowest BCUT2D eigenvalue weighted by Gasteiger charge is -2.42. The van der Waals surface area contributed by atoms with Gasteiger partial charge in [-0.15, -0.1) is 0 Å². The average Bonchev–Trinajstić information content (AvgIpc) is 2.91. The number of nitrogens with zero attached hydrogens (tertiary/aromatic N) is 3. The number of amides is 1. The van der Waals surface area contributed by atoms with Crippen molar-refractivity contribution in [3.8, 4) is 0 Å². The Hall–Kier alpha value is -1.60. The van der Waals surface area contributed by atoms with Crippen LogP contribution in [0.25, 0.3) is 0 Å². The predicted molar refractivity (Wildman–Crippen MR) is 96.3 cm³/mol. The third kappa shape index (κ3) is 6.01. The molecule has 7 heteroatoms. The molecule has 0 aliphatic carbocycles. The highest BCUT2D eigenvalue weighted by molar-refractivity contribution is 5.68. The summed E-state index contributed by atoms with van der Waals surface area (Å²) in [4.78, 5) is 14.3. The van der Waals surface area contributed by atoms with E-state index in [0.717, 1.165) is 38.0 Å². The standard InChI is InChI=1S/C18H32N4O3/c1-17(2,3)25-16(23)22-8-6-7-18(13-22,14-24-5)12-19-9-15-10-20-21(4)11-15/h10-11,19H,6-9,12-14H2,1-5H3. The Balaban J connectivity index is 1.95. The molecule has 2 heterocycles. The number of aryl methyl sites for hydroxylation is 1. The van der Waals surface area contributed by atoms with Crippen molar-refractivity contribution in [1.29, 1.82) is 0 Å². The first-order chi connectivity index (χ1) is 11.7. The number of methoxy groups -OCH3 is 1. The third-order valence-electron chi connectivity index (χ3n) is 4.35. The van der Waals surface area contributed by atoms with Crippen LogP contribution in [0.3, 0.4) is 0 Å². The van der Waals surface area contributed by atoms with Gasteiger partial charge in [-0.25, -0.2) is 4.79 Å². The van der Waals surface area contributed by atoms with E-state index in [4.69, 9.17) is 9.47 Å². The molecule has 1 atom stereocenters. The second-order valence-corrected chi connectivity index (χ2v) is 8.06. The highest BCUT2D eigenvalue weighted by Gasteiger charge is 2.38.